The number of hydrogen-bond donors (Lipinski definition) is 2. The monoisotopic (exact) mass is 416 g/mol. The molecule has 1 aliphatic rings. The largest absolute Gasteiger partial charge is 0.374 e. The summed E-state index contributed by atoms with van der Waals surface area (Å²) in [6, 6.07) is 6.64. The van der Waals surface area contributed by atoms with Gasteiger partial charge < -0.3 is 16.0 Å². The van der Waals surface area contributed by atoms with Gasteiger partial charge in [-0.05, 0) is 42.4 Å². The fraction of sp³-hybridized carbons (Fsp3) is 0.588. The van der Waals surface area contributed by atoms with Gasteiger partial charge in [0.25, 0.3) is 0 Å². The minimum absolute atomic E-state index is 0. The van der Waals surface area contributed by atoms with Crippen molar-refractivity contribution in [2.75, 3.05) is 25.0 Å². The number of aryl methyl sites for hydroxylation is 1. The summed E-state index contributed by atoms with van der Waals surface area (Å²) in [5, 5.41) is 3.17. The summed E-state index contributed by atoms with van der Waals surface area (Å²) >= 11 is 0. The van der Waals surface area contributed by atoms with Gasteiger partial charge in [-0.15, -0.1) is 24.0 Å². The Balaban J connectivity index is 0.00000242. The van der Waals surface area contributed by atoms with E-state index < -0.39 is 0 Å². The van der Waals surface area contributed by atoms with Crippen LogP contribution in [0.4, 0.5) is 5.69 Å². The first kappa shape index (κ1) is 19.1. The number of hydrogen-bond acceptors (Lipinski definition) is 2. The molecule has 0 amide bonds. The van der Waals surface area contributed by atoms with Crippen molar-refractivity contribution in [3.05, 3.63) is 29.3 Å². The molecule has 3 N–H and O–H groups in total. The lowest BCUT2D eigenvalue weighted by Crippen LogP contribution is -2.32. The highest BCUT2D eigenvalue weighted by Crippen LogP contribution is 2.26. The number of rotatable bonds is 5. The summed E-state index contributed by atoms with van der Waals surface area (Å²) in [6.07, 6.45) is 3.51. The van der Waals surface area contributed by atoms with Crippen LogP contribution in [-0.4, -0.2) is 26.1 Å². The lowest BCUT2D eigenvalue weighted by molar-refractivity contribution is 0.576. The van der Waals surface area contributed by atoms with Gasteiger partial charge in [-0.3, -0.25) is 0 Å². The smallest absolute Gasteiger partial charge is 0.188 e. The first-order valence-electron chi connectivity index (χ1n) is 7.93. The van der Waals surface area contributed by atoms with E-state index in [-0.39, 0.29) is 24.0 Å². The van der Waals surface area contributed by atoms with E-state index in [4.69, 9.17) is 5.73 Å². The highest BCUT2D eigenvalue weighted by atomic mass is 127. The predicted octanol–water partition coefficient (Wildman–Crippen LogP) is 3.14. The molecule has 0 fully saturated rings. The zero-order chi connectivity index (χ0) is 15.2. The molecule has 5 heteroatoms. The summed E-state index contributed by atoms with van der Waals surface area (Å²) < 4.78 is 0. The third-order valence-electron chi connectivity index (χ3n) is 3.95. The number of nitrogens with two attached hydrogens (primary N) is 1. The first-order chi connectivity index (χ1) is 10.1. The molecule has 0 spiro atoms. The van der Waals surface area contributed by atoms with Gasteiger partial charge in [0, 0.05) is 25.8 Å². The van der Waals surface area contributed by atoms with E-state index in [0.717, 1.165) is 19.5 Å². The van der Waals surface area contributed by atoms with E-state index in [1.54, 1.807) is 0 Å². The third kappa shape index (κ3) is 5.66. The lowest BCUT2D eigenvalue weighted by atomic mass is 10.00. The Morgan fingerprint density at radius 1 is 1.41 bits per heavy atom. The quantitative estimate of drug-likeness (QED) is 0.441. The number of aliphatic imine (C=N–C) groups is 1. The van der Waals surface area contributed by atoms with Crippen molar-refractivity contribution in [2.24, 2.45) is 16.6 Å². The van der Waals surface area contributed by atoms with Crippen LogP contribution < -0.4 is 16.0 Å². The maximum absolute atomic E-state index is 5.90. The van der Waals surface area contributed by atoms with Crippen LogP contribution >= 0.6 is 24.0 Å². The molecule has 2 rings (SSSR count). The molecule has 0 aliphatic carbocycles. The summed E-state index contributed by atoms with van der Waals surface area (Å²) in [5.41, 5.74) is 9.92. The van der Waals surface area contributed by atoms with Crippen molar-refractivity contribution in [1.29, 1.82) is 0 Å². The lowest BCUT2D eigenvalue weighted by Gasteiger charge is -2.27. The van der Waals surface area contributed by atoms with Crippen molar-refractivity contribution in [2.45, 2.75) is 39.7 Å². The highest BCUT2D eigenvalue weighted by molar-refractivity contribution is 14.0. The van der Waals surface area contributed by atoms with Gasteiger partial charge in [-0.1, -0.05) is 26.0 Å². The Bertz CT molecular complexity index is 499. The molecule has 0 unspecified atom stereocenters. The van der Waals surface area contributed by atoms with Gasteiger partial charge in [0.15, 0.2) is 5.96 Å². The molecular formula is C17H29IN4. The molecule has 0 bridgehead atoms. The average Bonchev–Trinajstić information content (AvgIpc) is 2.45. The van der Waals surface area contributed by atoms with E-state index in [2.05, 4.69) is 54.3 Å². The molecular weight excluding hydrogens is 387 g/mol. The zero-order valence-electron chi connectivity index (χ0n) is 13.9. The summed E-state index contributed by atoms with van der Waals surface area (Å²) in [4.78, 5) is 6.76. The fourth-order valence-electron chi connectivity index (χ4n) is 2.66. The SMILES string of the molecule is CC(C)CCNC(N)=NCc1ccc2c(c1)CCCN2C.I. The molecule has 0 aromatic heterocycles. The van der Waals surface area contributed by atoms with Gasteiger partial charge in [0.2, 0.25) is 0 Å². The second-order valence-electron chi connectivity index (χ2n) is 6.30. The topological polar surface area (TPSA) is 53.6 Å². The van der Waals surface area contributed by atoms with Crippen LogP contribution in [0.25, 0.3) is 0 Å². The van der Waals surface area contributed by atoms with Crippen LogP contribution in [0.2, 0.25) is 0 Å². The minimum atomic E-state index is 0. The molecule has 0 saturated heterocycles. The van der Waals surface area contributed by atoms with Crippen molar-refractivity contribution in [3.63, 3.8) is 0 Å². The Labute approximate surface area is 151 Å². The molecule has 0 saturated carbocycles. The van der Waals surface area contributed by atoms with E-state index in [0.29, 0.717) is 18.4 Å². The van der Waals surface area contributed by atoms with Gasteiger partial charge >= 0.3 is 0 Å². The van der Waals surface area contributed by atoms with Gasteiger partial charge in [0.1, 0.15) is 0 Å². The van der Waals surface area contributed by atoms with Crippen molar-refractivity contribution in [1.82, 2.24) is 5.32 Å². The third-order valence-corrected chi connectivity index (χ3v) is 3.95. The van der Waals surface area contributed by atoms with Crippen LogP contribution in [-0.2, 0) is 13.0 Å². The number of halogens is 1. The Morgan fingerprint density at radius 3 is 2.91 bits per heavy atom. The normalized spacial score (nSPS) is 14.5. The van der Waals surface area contributed by atoms with Crippen LogP contribution in [0.5, 0.6) is 0 Å². The fourth-order valence-corrected chi connectivity index (χ4v) is 2.66. The minimum Gasteiger partial charge on any atom is -0.374 e. The molecule has 1 aromatic rings. The Kier molecular flexibility index (Phi) is 8.00. The molecule has 0 atom stereocenters. The first-order valence-corrected chi connectivity index (χ1v) is 7.93. The number of benzene rings is 1. The van der Waals surface area contributed by atoms with Gasteiger partial charge in [0.05, 0.1) is 6.54 Å². The van der Waals surface area contributed by atoms with E-state index in [9.17, 15) is 0 Å². The number of nitrogens with zero attached hydrogens (tertiary/aromatic N) is 2. The second-order valence-corrected chi connectivity index (χ2v) is 6.30. The standard InChI is InChI=1S/C17H28N4.HI/c1-13(2)8-9-19-17(18)20-12-14-6-7-16-15(11-14)5-4-10-21(16)3;/h6-7,11,13H,4-5,8-10,12H2,1-3H3,(H3,18,19,20);1H. The molecule has 1 aliphatic heterocycles. The van der Waals surface area contributed by atoms with Crippen LogP contribution in [0.1, 0.15) is 37.8 Å². The van der Waals surface area contributed by atoms with E-state index in [1.165, 1.54) is 29.7 Å². The van der Waals surface area contributed by atoms with Gasteiger partial charge in [-0.2, -0.15) is 0 Å². The molecule has 1 aromatic carbocycles. The highest BCUT2D eigenvalue weighted by Gasteiger charge is 2.13. The van der Waals surface area contributed by atoms with E-state index in [1.807, 2.05) is 0 Å². The summed E-state index contributed by atoms with van der Waals surface area (Å²) in [6.45, 7) is 7.11. The van der Waals surface area contributed by atoms with Crippen molar-refractivity contribution < 1.29 is 0 Å². The van der Waals surface area contributed by atoms with Crippen LogP contribution in [0, 0.1) is 5.92 Å². The number of nitrogens with one attached hydrogen (secondary N) is 1. The number of guanidine groups is 1. The zero-order valence-corrected chi connectivity index (χ0v) is 16.3. The predicted molar refractivity (Wildman–Crippen MR) is 106 cm³/mol. The summed E-state index contributed by atoms with van der Waals surface area (Å²) in [5.74, 6) is 1.23. The summed E-state index contributed by atoms with van der Waals surface area (Å²) in [7, 11) is 2.16. The Hall–Kier alpha value is -0.980. The van der Waals surface area contributed by atoms with Crippen LogP contribution in [0.3, 0.4) is 0 Å². The van der Waals surface area contributed by atoms with Crippen molar-refractivity contribution >= 4 is 35.6 Å². The number of fused-ring (bicyclic) bond motifs is 1. The van der Waals surface area contributed by atoms with Gasteiger partial charge in [-0.25, -0.2) is 4.99 Å². The molecule has 22 heavy (non-hydrogen) atoms. The van der Waals surface area contributed by atoms with E-state index >= 15 is 0 Å². The average molecular weight is 416 g/mol. The molecule has 1 heterocycles. The maximum Gasteiger partial charge on any atom is 0.188 e. The molecule has 0 radical (unpaired) electrons. The van der Waals surface area contributed by atoms with Crippen LogP contribution in [0.15, 0.2) is 23.2 Å². The molecule has 4 nitrogen and oxygen atoms in total. The Morgan fingerprint density at radius 2 is 2.18 bits per heavy atom. The maximum atomic E-state index is 5.90. The second kappa shape index (κ2) is 9.22. The molecule has 124 valence electrons. The van der Waals surface area contributed by atoms with Crippen molar-refractivity contribution in [3.8, 4) is 0 Å². The number of anilines is 1.